The summed E-state index contributed by atoms with van der Waals surface area (Å²) in [6.45, 7) is 0.972. The molecule has 2 rings (SSSR count). The zero-order valence-corrected chi connectivity index (χ0v) is 11.5. The maximum absolute atomic E-state index is 9.96. The van der Waals surface area contributed by atoms with Gasteiger partial charge in [-0.3, -0.25) is 0 Å². The first kappa shape index (κ1) is 14.6. The van der Waals surface area contributed by atoms with E-state index in [1.54, 1.807) is 12.1 Å². The number of ether oxygens (including phenoxy) is 1. The van der Waals surface area contributed by atoms with Crippen molar-refractivity contribution in [3.63, 3.8) is 0 Å². The van der Waals surface area contributed by atoms with E-state index in [1.165, 1.54) is 5.56 Å². The van der Waals surface area contributed by atoms with Gasteiger partial charge in [-0.2, -0.15) is 0 Å². The van der Waals surface area contributed by atoms with Crippen LogP contribution in [0.4, 0.5) is 5.69 Å². The van der Waals surface area contributed by atoms with Gasteiger partial charge in [0.1, 0.15) is 6.10 Å². The predicted molar refractivity (Wildman–Crippen MR) is 81.4 cm³/mol. The summed E-state index contributed by atoms with van der Waals surface area (Å²) < 4.78 is 5.52. The van der Waals surface area contributed by atoms with E-state index in [0.717, 1.165) is 18.4 Å². The van der Waals surface area contributed by atoms with Crippen LogP contribution in [-0.4, -0.2) is 18.3 Å². The highest BCUT2D eigenvalue weighted by Gasteiger charge is 2.06. The molecular weight excluding hydrogens is 250 g/mol. The van der Waals surface area contributed by atoms with Crippen LogP contribution in [0.15, 0.2) is 54.6 Å². The lowest BCUT2D eigenvalue weighted by atomic mass is 10.1. The zero-order chi connectivity index (χ0) is 14.2. The van der Waals surface area contributed by atoms with Crippen molar-refractivity contribution >= 4 is 5.69 Å². The van der Waals surface area contributed by atoms with Gasteiger partial charge in [-0.15, -0.1) is 0 Å². The van der Waals surface area contributed by atoms with E-state index in [9.17, 15) is 5.11 Å². The van der Waals surface area contributed by atoms with Gasteiger partial charge in [0.2, 0.25) is 0 Å². The Morgan fingerprint density at radius 2 is 1.70 bits per heavy atom. The van der Waals surface area contributed by atoms with Crippen LogP contribution in [0.2, 0.25) is 0 Å². The topological polar surface area (TPSA) is 55.5 Å². The second-order valence-electron chi connectivity index (χ2n) is 4.85. The molecule has 1 unspecified atom stereocenters. The van der Waals surface area contributed by atoms with Crippen LogP contribution in [0.5, 0.6) is 0 Å². The Bertz CT molecular complexity index is 496. The molecule has 0 aliphatic heterocycles. The Hall–Kier alpha value is -1.84. The number of nitrogens with two attached hydrogens (primary N) is 1. The molecule has 0 spiro atoms. The van der Waals surface area contributed by atoms with Crippen LogP contribution in [-0.2, 0) is 11.2 Å². The number of anilines is 1. The van der Waals surface area contributed by atoms with Gasteiger partial charge in [-0.25, -0.2) is 0 Å². The zero-order valence-electron chi connectivity index (χ0n) is 11.5. The van der Waals surface area contributed by atoms with Crippen molar-refractivity contribution < 1.29 is 9.84 Å². The highest BCUT2D eigenvalue weighted by atomic mass is 16.5. The van der Waals surface area contributed by atoms with Crippen LogP contribution in [0.3, 0.4) is 0 Å². The molecule has 0 saturated carbocycles. The summed E-state index contributed by atoms with van der Waals surface area (Å²) in [4.78, 5) is 0. The normalized spacial score (nSPS) is 12.2. The van der Waals surface area contributed by atoms with Gasteiger partial charge in [-0.05, 0) is 36.1 Å². The maximum atomic E-state index is 9.96. The van der Waals surface area contributed by atoms with Crippen molar-refractivity contribution in [1.29, 1.82) is 0 Å². The van der Waals surface area contributed by atoms with Gasteiger partial charge in [0, 0.05) is 12.3 Å². The van der Waals surface area contributed by atoms with Gasteiger partial charge in [0.25, 0.3) is 0 Å². The van der Waals surface area contributed by atoms with Crippen molar-refractivity contribution in [1.82, 2.24) is 0 Å². The molecule has 0 radical (unpaired) electrons. The molecule has 0 heterocycles. The molecule has 0 fully saturated rings. The largest absolute Gasteiger partial charge is 0.399 e. The molecule has 0 aromatic heterocycles. The lowest BCUT2D eigenvalue weighted by molar-refractivity contribution is 0.0352. The smallest absolute Gasteiger partial charge is 0.102 e. The molecule has 1 atom stereocenters. The summed E-state index contributed by atoms with van der Waals surface area (Å²) in [5, 5.41) is 9.96. The first-order valence-electron chi connectivity index (χ1n) is 6.91. The highest BCUT2D eigenvalue weighted by molar-refractivity contribution is 5.39. The fraction of sp³-hybridized carbons (Fsp3) is 0.294. The molecule has 2 aromatic carbocycles. The third-order valence-electron chi connectivity index (χ3n) is 3.19. The van der Waals surface area contributed by atoms with Crippen LogP contribution < -0.4 is 5.73 Å². The summed E-state index contributed by atoms with van der Waals surface area (Å²) in [5.41, 5.74) is 8.46. The van der Waals surface area contributed by atoms with Gasteiger partial charge in [-0.1, -0.05) is 42.5 Å². The van der Waals surface area contributed by atoms with Crippen LogP contribution in [0.1, 0.15) is 23.7 Å². The van der Waals surface area contributed by atoms with Gasteiger partial charge < -0.3 is 15.6 Å². The predicted octanol–water partition coefficient (Wildman–Crippen LogP) is 2.95. The number of rotatable bonds is 7. The van der Waals surface area contributed by atoms with E-state index in [1.807, 2.05) is 30.3 Å². The molecule has 0 bridgehead atoms. The summed E-state index contributed by atoms with van der Waals surface area (Å²) in [6.07, 6.45) is 1.37. The number of benzene rings is 2. The minimum atomic E-state index is -0.590. The standard InChI is InChI=1S/C17H21NO2/c18-16-10-8-15(9-11-16)17(19)13-20-12-4-7-14-5-2-1-3-6-14/h1-3,5-6,8-11,17,19H,4,7,12-13,18H2. The minimum Gasteiger partial charge on any atom is -0.399 e. The van der Waals surface area contributed by atoms with Crippen molar-refractivity contribution in [2.75, 3.05) is 18.9 Å². The second-order valence-corrected chi connectivity index (χ2v) is 4.85. The van der Waals surface area contributed by atoms with E-state index in [0.29, 0.717) is 18.9 Å². The molecule has 0 aliphatic carbocycles. The molecule has 3 heteroatoms. The Labute approximate surface area is 120 Å². The van der Waals surface area contributed by atoms with E-state index in [-0.39, 0.29) is 0 Å². The number of aliphatic hydroxyl groups is 1. The number of hydrogen-bond donors (Lipinski definition) is 2. The minimum absolute atomic E-state index is 0.318. The van der Waals surface area contributed by atoms with Gasteiger partial charge in [0.05, 0.1) is 6.61 Å². The third-order valence-corrected chi connectivity index (χ3v) is 3.19. The lowest BCUT2D eigenvalue weighted by Gasteiger charge is -2.12. The molecule has 20 heavy (non-hydrogen) atoms. The quantitative estimate of drug-likeness (QED) is 0.601. The van der Waals surface area contributed by atoms with E-state index in [2.05, 4.69) is 12.1 Å². The van der Waals surface area contributed by atoms with E-state index in [4.69, 9.17) is 10.5 Å². The Morgan fingerprint density at radius 1 is 1.00 bits per heavy atom. The first-order valence-corrected chi connectivity index (χ1v) is 6.91. The maximum Gasteiger partial charge on any atom is 0.102 e. The number of aliphatic hydroxyl groups excluding tert-OH is 1. The van der Waals surface area contributed by atoms with Gasteiger partial charge in [0.15, 0.2) is 0 Å². The monoisotopic (exact) mass is 271 g/mol. The van der Waals surface area contributed by atoms with Crippen LogP contribution in [0.25, 0.3) is 0 Å². The molecule has 0 saturated heterocycles. The van der Waals surface area contributed by atoms with Crippen LogP contribution in [0, 0.1) is 0 Å². The molecule has 2 aromatic rings. The summed E-state index contributed by atoms with van der Waals surface area (Å²) in [5.74, 6) is 0. The van der Waals surface area contributed by atoms with Crippen molar-refractivity contribution in [2.24, 2.45) is 0 Å². The Balaban J connectivity index is 1.64. The molecule has 0 aliphatic rings. The molecule has 106 valence electrons. The third kappa shape index (κ3) is 4.68. The number of aryl methyl sites for hydroxylation is 1. The second kappa shape index (κ2) is 7.68. The average Bonchev–Trinajstić information content (AvgIpc) is 2.48. The van der Waals surface area contributed by atoms with Gasteiger partial charge >= 0.3 is 0 Å². The molecular formula is C17H21NO2. The number of hydrogen-bond acceptors (Lipinski definition) is 3. The summed E-state index contributed by atoms with van der Waals surface area (Å²) in [6, 6.07) is 17.6. The first-order chi connectivity index (χ1) is 9.75. The highest BCUT2D eigenvalue weighted by Crippen LogP contribution is 2.15. The van der Waals surface area contributed by atoms with Crippen molar-refractivity contribution in [3.05, 3.63) is 65.7 Å². The molecule has 3 nitrogen and oxygen atoms in total. The average molecular weight is 271 g/mol. The van der Waals surface area contributed by atoms with E-state index >= 15 is 0 Å². The Morgan fingerprint density at radius 3 is 2.40 bits per heavy atom. The van der Waals surface area contributed by atoms with Crippen molar-refractivity contribution in [2.45, 2.75) is 18.9 Å². The SMILES string of the molecule is Nc1ccc(C(O)COCCCc2ccccc2)cc1. The lowest BCUT2D eigenvalue weighted by Crippen LogP contribution is -2.08. The fourth-order valence-corrected chi connectivity index (χ4v) is 2.03. The van der Waals surface area contributed by atoms with Crippen LogP contribution >= 0.6 is 0 Å². The fourth-order valence-electron chi connectivity index (χ4n) is 2.03. The number of nitrogen functional groups attached to an aromatic ring is 1. The summed E-state index contributed by atoms with van der Waals surface area (Å²) >= 11 is 0. The summed E-state index contributed by atoms with van der Waals surface area (Å²) in [7, 11) is 0. The molecule has 0 amide bonds. The van der Waals surface area contributed by atoms with E-state index < -0.39 is 6.10 Å². The van der Waals surface area contributed by atoms with Crippen molar-refractivity contribution in [3.8, 4) is 0 Å². The molecule has 3 N–H and O–H groups in total. The Kier molecular flexibility index (Phi) is 5.59.